The number of hydrogen-bond donors (Lipinski definition) is 0. The standard InChI is InChI=1S/C14H14N4O/c1-9-4-6-11-14(16-9)19-13(17-11)10-5-7-12(15-8-10)18(2)3/h4-8H,1-3H3. The van der Waals surface area contributed by atoms with Gasteiger partial charge in [0.05, 0.1) is 5.56 Å². The second-order valence-corrected chi connectivity index (χ2v) is 4.60. The van der Waals surface area contributed by atoms with Crippen LogP contribution >= 0.6 is 0 Å². The van der Waals surface area contributed by atoms with Crippen molar-refractivity contribution in [3.05, 3.63) is 36.2 Å². The van der Waals surface area contributed by atoms with Gasteiger partial charge in [-0.15, -0.1) is 0 Å². The second-order valence-electron chi connectivity index (χ2n) is 4.60. The fourth-order valence-electron chi connectivity index (χ4n) is 1.81. The highest BCUT2D eigenvalue weighted by Crippen LogP contribution is 2.23. The van der Waals surface area contributed by atoms with Crippen molar-refractivity contribution in [3.63, 3.8) is 0 Å². The van der Waals surface area contributed by atoms with Gasteiger partial charge in [-0.25, -0.2) is 15.0 Å². The molecule has 5 nitrogen and oxygen atoms in total. The van der Waals surface area contributed by atoms with Gasteiger partial charge in [0.2, 0.25) is 11.6 Å². The minimum atomic E-state index is 0.547. The van der Waals surface area contributed by atoms with E-state index in [4.69, 9.17) is 4.42 Å². The highest BCUT2D eigenvalue weighted by Gasteiger charge is 2.10. The largest absolute Gasteiger partial charge is 0.418 e. The molecule has 0 aromatic carbocycles. The number of aromatic nitrogens is 3. The van der Waals surface area contributed by atoms with E-state index in [-0.39, 0.29) is 0 Å². The monoisotopic (exact) mass is 254 g/mol. The number of oxazole rings is 1. The normalized spacial score (nSPS) is 10.9. The van der Waals surface area contributed by atoms with E-state index >= 15 is 0 Å². The summed E-state index contributed by atoms with van der Waals surface area (Å²) in [6, 6.07) is 7.71. The third kappa shape index (κ3) is 2.14. The lowest BCUT2D eigenvalue weighted by Crippen LogP contribution is -2.09. The highest BCUT2D eigenvalue weighted by molar-refractivity contribution is 5.72. The molecule has 0 spiro atoms. The molecule has 96 valence electrons. The van der Waals surface area contributed by atoms with Crippen LogP contribution in [0.4, 0.5) is 5.82 Å². The summed E-state index contributed by atoms with van der Waals surface area (Å²) in [6.07, 6.45) is 1.76. The fraction of sp³-hybridized carbons (Fsp3) is 0.214. The maximum atomic E-state index is 5.66. The topological polar surface area (TPSA) is 55.1 Å². The molecule has 3 aromatic heterocycles. The van der Waals surface area contributed by atoms with Crippen molar-refractivity contribution in [1.82, 2.24) is 15.0 Å². The molecule has 0 aliphatic rings. The maximum absolute atomic E-state index is 5.66. The summed E-state index contributed by atoms with van der Waals surface area (Å²) in [7, 11) is 3.91. The first-order valence-corrected chi connectivity index (χ1v) is 6.01. The van der Waals surface area contributed by atoms with Crippen LogP contribution in [0.3, 0.4) is 0 Å². The maximum Gasteiger partial charge on any atom is 0.247 e. The Bertz CT molecular complexity index is 716. The minimum absolute atomic E-state index is 0.547. The first kappa shape index (κ1) is 11.6. The van der Waals surface area contributed by atoms with Crippen molar-refractivity contribution >= 4 is 17.0 Å². The first-order chi connectivity index (χ1) is 9.13. The molecule has 0 saturated heterocycles. The van der Waals surface area contributed by atoms with Gasteiger partial charge < -0.3 is 9.32 Å². The van der Waals surface area contributed by atoms with Crippen LogP contribution in [0.1, 0.15) is 5.69 Å². The quantitative estimate of drug-likeness (QED) is 0.703. The summed E-state index contributed by atoms with van der Waals surface area (Å²) in [6.45, 7) is 1.93. The molecule has 0 N–H and O–H groups in total. The van der Waals surface area contributed by atoms with Crippen molar-refractivity contribution in [2.45, 2.75) is 6.92 Å². The molecule has 3 heterocycles. The average molecular weight is 254 g/mol. The molecule has 0 aliphatic heterocycles. The molecule has 3 rings (SSSR count). The summed E-state index contributed by atoms with van der Waals surface area (Å²) >= 11 is 0. The third-order valence-electron chi connectivity index (χ3n) is 2.85. The van der Waals surface area contributed by atoms with E-state index in [1.54, 1.807) is 6.20 Å². The van der Waals surface area contributed by atoms with Crippen LogP contribution in [0.25, 0.3) is 22.7 Å². The van der Waals surface area contributed by atoms with E-state index in [1.165, 1.54) is 0 Å². The van der Waals surface area contributed by atoms with E-state index in [0.29, 0.717) is 11.6 Å². The third-order valence-corrected chi connectivity index (χ3v) is 2.85. The molecule has 0 unspecified atom stereocenters. The molecule has 0 radical (unpaired) electrons. The zero-order valence-corrected chi connectivity index (χ0v) is 11.1. The highest BCUT2D eigenvalue weighted by atomic mass is 16.4. The van der Waals surface area contributed by atoms with E-state index in [2.05, 4.69) is 15.0 Å². The minimum Gasteiger partial charge on any atom is -0.418 e. The predicted octanol–water partition coefficient (Wildman–Crippen LogP) is 2.66. The summed E-state index contributed by atoms with van der Waals surface area (Å²) in [5.74, 6) is 1.44. The summed E-state index contributed by atoms with van der Waals surface area (Å²) in [5.41, 5.74) is 3.08. The van der Waals surface area contributed by atoms with Crippen LogP contribution in [-0.2, 0) is 0 Å². The molecular formula is C14H14N4O. The van der Waals surface area contributed by atoms with Gasteiger partial charge in [0.25, 0.3) is 0 Å². The Balaban J connectivity index is 2.03. The average Bonchev–Trinajstić information content (AvgIpc) is 2.81. The SMILES string of the molecule is Cc1ccc2nc(-c3ccc(N(C)C)nc3)oc2n1. The van der Waals surface area contributed by atoms with Gasteiger partial charge >= 0.3 is 0 Å². The van der Waals surface area contributed by atoms with Crippen LogP contribution in [-0.4, -0.2) is 29.0 Å². The van der Waals surface area contributed by atoms with E-state index < -0.39 is 0 Å². The van der Waals surface area contributed by atoms with Gasteiger partial charge in [-0.1, -0.05) is 0 Å². The molecule has 0 saturated carbocycles. The number of rotatable bonds is 2. The molecule has 5 heteroatoms. The smallest absolute Gasteiger partial charge is 0.247 e. The number of fused-ring (bicyclic) bond motifs is 1. The molecule has 0 fully saturated rings. The van der Waals surface area contributed by atoms with Crippen molar-refractivity contribution < 1.29 is 4.42 Å². The van der Waals surface area contributed by atoms with Gasteiger partial charge in [0.15, 0.2) is 0 Å². The lowest BCUT2D eigenvalue weighted by molar-refractivity contribution is 0.606. The van der Waals surface area contributed by atoms with Crippen molar-refractivity contribution in [2.24, 2.45) is 0 Å². The lowest BCUT2D eigenvalue weighted by Gasteiger charge is -2.10. The van der Waals surface area contributed by atoms with E-state index in [1.807, 2.05) is 50.2 Å². The van der Waals surface area contributed by atoms with Gasteiger partial charge in [-0.05, 0) is 31.2 Å². The van der Waals surface area contributed by atoms with Gasteiger partial charge in [-0.2, -0.15) is 0 Å². The number of hydrogen-bond acceptors (Lipinski definition) is 5. The van der Waals surface area contributed by atoms with Crippen LogP contribution < -0.4 is 4.90 Å². The van der Waals surface area contributed by atoms with E-state index in [9.17, 15) is 0 Å². The number of anilines is 1. The number of pyridine rings is 2. The van der Waals surface area contributed by atoms with Crippen molar-refractivity contribution in [3.8, 4) is 11.5 Å². The summed E-state index contributed by atoms with van der Waals surface area (Å²) < 4.78 is 5.66. The van der Waals surface area contributed by atoms with Crippen LogP contribution in [0.15, 0.2) is 34.9 Å². The van der Waals surface area contributed by atoms with Crippen LogP contribution in [0, 0.1) is 6.92 Å². The van der Waals surface area contributed by atoms with Crippen LogP contribution in [0.5, 0.6) is 0 Å². The molecule has 3 aromatic rings. The molecule has 0 atom stereocenters. The first-order valence-electron chi connectivity index (χ1n) is 6.01. The second kappa shape index (κ2) is 4.35. The fourth-order valence-corrected chi connectivity index (χ4v) is 1.81. The Kier molecular flexibility index (Phi) is 2.67. The van der Waals surface area contributed by atoms with Gasteiger partial charge in [-0.3, -0.25) is 0 Å². The van der Waals surface area contributed by atoms with Gasteiger partial charge in [0, 0.05) is 26.0 Å². The molecule has 0 aliphatic carbocycles. The van der Waals surface area contributed by atoms with E-state index in [0.717, 1.165) is 22.6 Å². The Morgan fingerprint density at radius 3 is 2.58 bits per heavy atom. The molecule has 0 bridgehead atoms. The Labute approximate surface area is 110 Å². The van der Waals surface area contributed by atoms with Crippen LogP contribution in [0.2, 0.25) is 0 Å². The summed E-state index contributed by atoms with van der Waals surface area (Å²) in [5, 5.41) is 0. The molecule has 0 amide bonds. The lowest BCUT2D eigenvalue weighted by atomic mass is 10.3. The Morgan fingerprint density at radius 1 is 1.05 bits per heavy atom. The predicted molar refractivity (Wildman–Crippen MR) is 74.1 cm³/mol. The Morgan fingerprint density at radius 2 is 1.89 bits per heavy atom. The Hall–Kier alpha value is -2.43. The van der Waals surface area contributed by atoms with Crippen molar-refractivity contribution in [1.29, 1.82) is 0 Å². The zero-order valence-electron chi connectivity index (χ0n) is 11.1. The molecule has 19 heavy (non-hydrogen) atoms. The zero-order chi connectivity index (χ0) is 13.4. The number of aryl methyl sites for hydroxylation is 1. The number of nitrogens with zero attached hydrogens (tertiary/aromatic N) is 4. The van der Waals surface area contributed by atoms with Gasteiger partial charge in [0.1, 0.15) is 11.3 Å². The molecular weight excluding hydrogens is 240 g/mol. The van der Waals surface area contributed by atoms with Crippen molar-refractivity contribution in [2.75, 3.05) is 19.0 Å². The summed E-state index contributed by atoms with van der Waals surface area (Å²) in [4.78, 5) is 15.0.